The Morgan fingerprint density at radius 2 is 2.06 bits per heavy atom. The zero-order valence-corrected chi connectivity index (χ0v) is 17.4. The van der Waals surface area contributed by atoms with Gasteiger partial charge in [0, 0.05) is 5.38 Å². The number of anilines is 1. The first kappa shape index (κ1) is 24.7. The van der Waals surface area contributed by atoms with Crippen molar-refractivity contribution in [2.24, 2.45) is 10.9 Å². The number of carboxylic acid groups (broad SMARTS) is 1. The van der Waals surface area contributed by atoms with E-state index in [1.54, 1.807) is 0 Å². The van der Waals surface area contributed by atoms with Crippen LogP contribution in [-0.4, -0.2) is 88.9 Å². The summed E-state index contributed by atoms with van der Waals surface area (Å²) in [5.74, 6) is -4.70. The maximum absolute atomic E-state index is 12.7. The number of amides is 3. The molecule has 0 radical (unpaired) electrons. The van der Waals surface area contributed by atoms with E-state index in [1.165, 1.54) is 5.38 Å². The van der Waals surface area contributed by atoms with Crippen LogP contribution in [0.15, 0.2) is 10.5 Å². The van der Waals surface area contributed by atoms with Crippen molar-refractivity contribution in [1.82, 2.24) is 15.4 Å². The van der Waals surface area contributed by atoms with E-state index in [-0.39, 0.29) is 10.8 Å². The number of hydrogen-bond acceptors (Lipinski definition) is 13. The van der Waals surface area contributed by atoms with Gasteiger partial charge < -0.3 is 31.5 Å². The Kier molecular flexibility index (Phi) is 7.86. The van der Waals surface area contributed by atoms with Crippen LogP contribution in [0.25, 0.3) is 0 Å². The summed E-state index contributed by atoms with van der Waals surface area (Å²) >= 11 is 0.937. The Bertz CT molecular complexity index is 1040. The number of rotatable bonds is 11. The quantitative estimate of drug-likeness (QED) is 0.0891. The van der Waals surface area contributed by atoms with E-state index in [9.17, 15) is 27.6 Å². The molecule has 0 spiro atoms. The molecule has 1 aromatic rings. The maximum atomic E-state index is 12.7. The summed E-state index contributed by atoms with van der Waals surface area (Å²) in [6.45, 7) is -1.49. The Balaban J connectivity index is 2.19. The number of carbonyl (C=O) groups is 4. The van der Waals surface area contributed by atoms with Crippen molar-refractivity contribution < 1.29 is 51.7 Å². The molecular formula is C13H16N6O11S2. The summed E-state index contributed by atoms with van der Waals surface area (Å²) in [4.78, 5) is 59.5. The number of oxime groups is 1. The van der Waals surface area contributed by atoms with Crippen LogP contribution in [0.2, 0.25) is 0 Å². The predicted molar refractivity (Wildman–Crippen MR) is 102 cm³/mol. The molecular weight excluding hydrogens is 480 g/mol. The lowest BCUT2D eigenvalue weighted by Crippen LogP contribution is -2.72. The number of aromatic nitrogens is 1. The molecule has 0 unspecified atom stereocenters. The summed E-state index contributed by atoms with van der Waals surface area (Å²) < 4.78 is 35.0. The molecule has 0 bridgehead atoms. The zero-order valence-electron chi connectivity index (χ0n) is 15.7. The highest BCUT2D eigenvalue weighted by molar-refractivity contribution is 7.85. The van der Waals surface area contributed by atoms with Crippen LogP contribution in [0.1, 0.15) is 5.69 Å². The lowest BCUT2D eigenvalue weighted by molar-refractivity contribution is -0.232. The lowest BCUT2D eigenvalue weighted by Gasteiger charge is -2.44. The molecule has 19 heteroatoms. The number of aliphatic carboxylic acids is 1. The number of hydrogen-bond donors (Lipinski definition) is 5. The largest absolute Gasteiger partial charge is 0.479 e. The van der Waals surface area contributed by atoms with Gasteiger partial charge in [0.1, 0.15) is 24.4 Å². The molecule has 2 atom stereocenters. The highest BCUT2D eigenvalue weighted by Gasteiger charge is 2.51. The molecule has 2 rings (SSSR count). The van der Waals surface area contributed by atoms with Gasteiger partial charge in [0.15, 0.2) is 10.8 Å². The Labute approximate surface area is 182 Å². The third-order valence-electron chi connectivity index (χ3n) is 3.52. The molecule has 1 fully saturated rings. The standard InChI is InChI=1S/C13H16N6O11S2/c14-12-16-5(3-31-12)8(18-29-2-7(20)21)10(22)17-9-6(1-28-13(15)24)19(11(9)23)30-4-32(25,26)27/h3,6,9H,1-2,4H2,(H2,14,16)(H2,15,24)(H,17,22)(H,20,21)(H,25,26,27)/b18-8-/t6-,9+/m1/s1. The third-order valence-corrected chi connectivity index (χ3v) is 4.59. The molecule has 1 aromatic heterocycles. The van der Waals surface area contributed by atoms with Crippen molar-refractivity contribution in [3.8, 4) is 0 Å². The number of carboxylic acids is 1. The van der Waals surface area contributed by atoms with E-state index in [0.29, 0.717) is 5.06 Å². The van der Waals surface area contributed by atoms with Crippen LogP contribution in [-0.2, 0) is 38.9 Å². The van der Waals surface area contributed by atoms with E-state index in [1.807, 2.05) is 0 Å². The average Bonchev–Trinajstić information content (AvgIpc) is 3.10. The summed E-state index contributed by atoms with van der Waals surface area (Å²) in [6, 6.07) is -2.65. The van der Waals surface area contributed by atoms with Gasteiger partial charge in [0.2, 0.25) is 12.5 Å². The van der Waals surface area contributed by atoms with Crippen LogP contribution in [0.3, 0.4) is 0 Å². The number of carbonyl (C=O) groups excluding carboxylic acids is 3. The van der Waals surface area contributed by atoms with Crippen molar-refractivity contribution in [2.45, 2.75) is 12.1 Å². The topological polar surface area (TPSA) is 263 Å². The molecule has 1 aliphatic rings. The number of hydroxylamine groups is 2. The molecule has 0 aliphatic carbocycles. The van der Waals surface area contributed by atoms with Crippen molar-refractivity contribution in [3.05, 3.63) is 11.1 Å². The minimum Gasteiger partial charge on any atom is -0.479 e. The van der Waals surface area contributed by atoms with Gasteiger partial charge in [-0.25, -0.2) is 19.6 Å². The van der Waals surface area contributed by atoms with Crippen molar-refractivity contribution >= 4 is 56.2 Å². The minimum atomic E-state index is -4.62. The fourth-order valence-corrected chi connectivity index (χ4v) is 3.05. The molecule has 1 saturated heterocycles. The number of primary amides is 1. The van der Waals surface area contributed by atoms with Crippen molar-refractivity contribution in [3.63, 3.8) is 0 Å². The highest BCUT2D eigenvalue weighted by atomic mass is 32.2. The maximum Gasteiger partial charge on any atom is 0.404 e. The second-order valence-corrected chi connectivity index (χ2v) is 8.11. The van der Waals surface area contributed by atoms with E-state index < -0.39 is 70.9 Å². The third kappa shape index (κ3) is 6.73. The van der Waals surface area contributed by atoms with Gasteiger partial charge in [-0.2, -0.15) is 8.42 Å². The van der Waals surface area contributed by atoms with Gasteiger partial charge in [-0.05, 0) is 0 Å². The zero-order chi connectivity index (χ0) is 24.1. The average molecular weight is 496 g/mol. The number of nitrogens with two attached hydrogens (primary N) is 2. The molecule has 1 aliphatic heterocycles. The van der Waals surface area contributed by atoms with Gasteiger partial charge in [-0.1, -0.05) is 5.16 Å². The molecule has 0 aromatic carbocycles. The van der Waals surface area contributed by atoms with E-state index in [4.69, 9.17) is 21.1 Å². The van der Waals surface area contributed by atoms with Crippen LogP contribution in [0.5, 0.6) is 0 Å². The molecule has 3 amide bonds. The fraction of sp³-hybridized carbons (Fsp3) is 0.385. The van der Waals surface area contributed by atoms with Gasteiger partial charge in [-0.3, -0.25) is 19.0 Å². The highest BCUT2D eigenvalue weighted by Crippen LogP contribution is 2.22. The summed E-state index contributed by atoms with van der Waals surface area (Å²) in [5.41, 5.74) is 9.75. The first-order valence-corrected chi connectivity index (χ1v) is 10.6. The predicted octanol–water partition coefficient (Wildman–Crippen LogP) is -2.90. The molecule has 7 N–H and O–H groups in total. The monoisotopic (exact) mass is 496 g/mol. The second-order valence-electron chi connectivity index (χ2n) is 5.82. The number of ether oxygens (including phenoxy) is 1. The fourth-order valence-electron chi connectivity index (χ4n) is 2.25. The number of thiazole rings is 1. The number of nitrogen functional groups attached to an aromatic ring is 1. The molecule has 17 nitrogen and oxygen atoms in total. The molecule has 0 saturated carbocycles. The minimum absolute atomic E-state index is 0.0518. The van der Waals surface area contributed by atoms with Crippen molar-refractivity contribution in [1.29, 1.82) is 0 Å². The summed E-state index contributed by atoms with van der Waals surface area (Å²) in [6.07, 6.45) is -1.23. The number of nitrogens with one attached hydrogen (secondary N) is 1. The first-order valence-electron chi connectivity index (χ1n) is 8.16. The molecule has 176 valence electrons. The second kappa shape index (κ2) is 10.2. The number of nitrogens with zero attached hydrogens (tertiary/aromatic N) is 3. The normalized spacial score (nSPS) is 18.6. The molecule has 2 heterocycles. The van der Waals surface area contributed by atoms with Gasteiger partial charge in [0.05, 0.1) is 0 Å². The Morgan fingerprint density at radius 1 is 1.38 bits per heavy atom. The van der Waals surface area contributed by atoms with Gasteiger partial charge >= 0.3 is 12.1 Å². The number of β-lactam (4-membered cyclic amide) rings is 1. The SMILES string of the molecule is NC(=O)OC[C@@H]1[C@H](NC(=O)/C(=N\OCC(=O)O)c2csc(N)n2)C(=O)N1OCS(=O)(=O)O. The van der Waals surface area contributed by atoms with Crippen LogP contribution in [0, 0.1) is 0 Å². The Morgan fingerprint density at radius 3 is 2.59 bits per heavy atom. The van der Waals surface area contributed by atoms with E-state index in [2.05, 4.69) is 29.9 Å². The van der Waals surface area contributed by atoms with Crippen molar-refractivity contribution in [2.75, 3.05) is 24.9 Å². The Hall–Kier alpha value is -3.55. The van der Waals surface area contributed by atoms with Crippen LogP contribution >= 0.6 is 11.3 Å². The summed E-state index contributed by atoms with van der Waals surface area (Å²) in [7, 11) is -4.62. The van der Waals surface area contributed by atoms with Gasteiger partial charge in [-0.15, -0.1) is 11.3 Å². The lowest BCUT2D eigenvalue weighted by atomic mass is 9.98. The van der Waals surface area contributed by atoms with Crippen LogP contribution < -0.4 is 16.8 Å². The van der Waals surface area contributed by atoms with E-state index >= 15 is 0 Å². The van der Waals surface area contributed by atoms with Crippen LogP contribution in [0.4, 0.5) is 9.93 Å². The summed E-state index contributed by atoms with van der Waals surface area (Å²) in [5, 5.41) is 16.1. The molecule has 32 heavy (non-hydrogen) atoms. The van der Waals surface area contributed by atoms with Gasteiger partial charge in [0.25, 0.3) is 21.9 Å². The van der Waals surface area contributed by atoms with E-state index in [0.717, 1.165) is 11.3 Å². The smallest absolute Gasteiger partial charge is 0.404 e. The first-order chi connectivity index (χ1) is 14.9.